The standard InChI is InChI=1S/C6H8N2O3.ClH/c7-6(10)8-1-2-11-4-5(8)3-9;/h1-2,4H2,(H2,7,10);1H. The van der Waals surface area contributed by atoms with E-state index in [0.29, 0.717) is 13.2 Å². The maximum Gasteiger partial charge on any atom is 0.319 e. The van der Waals surface area contributed by atoms with Gasteiger partial charge in [-0.1, -0.05) is 0 Å². The van der Waals surface area contributed by atoms with Gasteiger partial charge in [0.1, 0.15) is 11.6 Å². The smallest absolute Gasteiger partial charge is 0.319 e. The maximum absolute atomic E-state index is 10.6. The summed E-state index contributed by atoms with van der Waals surface area (Å²) in [5.41, 5.74) is 5.14. The number of hydrogen-bond acceptors (Lipinski definition) is 3. The predicted molar refractivity (Wildman–Crippen MR) is 43.6 cm³/mol. The SMILES string of the molecule is Cl.NC(=O)N1CCOCC1=C=O. The molecule has 1 rings (SSSR count). The first-order valence-corrected chi connectivity index (χ1v) is 3.14. The second-order valence-corrected chi connectivity index (χ2v) is 2.09. The van der Waals surface area contributed by atoms with Crippen LogP contribution in [-0.4, -0.2) is 36.6 Å². The molecule has 0 aromatic heterocycles. The van der Waals surface area contributed by atoms with E-state index in [1.54, 1.807) is 5.94 Å². The molecular weight excluding hydrogens is 184 g/mol. The Kier molecular flexibility index (Phi) is 4.36. The number of ether oxygens (including phenoxy) is 1. The fourth-order valence-electron chi connectivity index (χ4n) is 0.865. The van der Waals surface area contributed by atoms with Gasteiger partial charge in [-0.2, -0.15) is 0 Å². The van der Waals surface area contributed by atoms with E-state index in [2.05, 4.69) is 0 Å². The quantitative estimate of drug-likeness (QED) is 0.528. The lowest BCUT2D eigenvalue weighted by molar-refractivity contribution is 0.0879. The van der Waals surface area contributed by atoms with Crippen molar-refractivity contribution in [3.8, 4) is 0 Å². The van der Waals surface area contributed by atoms with E-state index in [1.807, 2.05) is 0 Å². The second kappa shape index (κ2) is 4.77. The van der Waals surface area contributed by atoms with Crippen LogP contribution in [0.2, 0.25) is 0 Å². The van der Waals surface area contributed by atoms with Gasteiger partial charge in [-0.3, -0.25) is 4.90 Å². The zero-order valence-corrected chi connectivity index (χ0v) is 7.10. The van der Waals surface area contributed by atoms with Crippen molar-refractivity contribution in [3.63, 3.8) is 0 Å². The summed E-state index contributed by atoms with van der Waals surface area (Å²) in [6, 6.07) is -0.633. The lowest BCUT2D eigenvalue weighted by Gasteiger charge is -2.24. The van der Waals surface area contributed by atoms with Crippen molar-refractivity contribution >= 4 is 24.4 Å². The molecule has 1 fully saturated rings. The molecule has 0 saturated carbocycles. The van der Waals surface area contributed by atoms with Gasteiger partial charge in [0.2, 0.25) is 0 Å². The molecular formula is C6H9ClN2O3. The molecule has 6 heteroatoms. The molecule has 5 nitrogen and oxygen atoms in total. The summed E-state index contributed by atoms with van der Waals surface area (Å²) in [4.78, 5) is 22.0. The van der Waals surface area contributed by atoms with E-state index in [-0.39, 0.29) is 24.7 Å². The molecule has 0 aliphatic carbocycles. The summed E-state index contributed by atoms with van der Waals surface area (Å²) in [5.74, 6) is 1.60. The zero-order chi connectivity index (χ0) is 8.27. The van der Waals surface area contributed by atoms with Crippen molar-refractivity contribution in [3.05, 3.63) is 5.70 Å². The zero-order valence-electron chi connectivity index (χ0n) is 6.28. The number of nitrogens with zero attached hydrogens (tertiary/aromatic N) is 1. The number of rotatable bonds is 0. The fourth-order valence-corrected chi connectivity index (χ4v) is 0.865. The molecule has 2 N–H and O–H groups in total. The minimum Gasteiger partial charge on any atom is -0.373 e. The van der Waals surface area contributed by atoms with Crippen molar-refractivity contribution in [2.75, 3.05) is 19.8 Å². The van der Waals surface area contributed by atoms with E-state index in [0.717, 1.165) is 4.90 Å². The number of morpholine rings is 1. The van der Waals surface area contributed by atoms with Crippen LogP contribution in [0.15, 0.2) is 5.70 Å². The molecule has 0 aromatic carbocycles. The number of carbonyl (C=O) groups excluding carboxylic acids is 2. The highest BCUT2D eigenvalue weighted by atomic mass is 35.5. The Bertz CT molecular complexity index is 225. The Labute approximate surface area is 75.6 Å². The van der Waals surface area contributed by atoms with E-state index < -0.39 is 6.03 Å². The molecule has 0 spiro atoms. The largest absolute Gasteiger partial charge is 0.373 e. The normalized spacial score (nSPS) is 16.3. The van der Waals surface area contributed by atoms with E-state index in [1.165, 1.54) is 0 Å². The summed E-state index contributed by atoms with van der Waals surface area (Å²) in [6.07, 6.45) is 0. The van der Waals surface area contributed by atoms with Crippen LogP contribution in [0, 0.1) is 0 Å². The monoisotopic (exact) mass is 192 g/mol. The van der Waals surface area contributed by atoms with Gasteiger partial charge in [-0.05, 0) is 0 Å². The maximum atomic E-state index is 10.6. The number of primary amides is 1. The highest BCUT2D eigenvalue weighted by Gasteiger charge is 2.20. The van der Waals surface area contributed by atoms with Crippen LogP contribution in [0.25, 0.3) is 0 Å². The molecule has 68 valence electrons. The Hall–Kier alpha value is -1.03. The highest BCUT2D eigenvalue weighted by Crippen LogP contribution is 2.05. The molecule has 2 amide bonds. The molecule has 0 atom stereocenters. The topological polar surface area (TPSA) is 72.6 Å². The van der Waals surface area contributed by atoms with Gasteiger partial charge in [-0.25, -0.2) is 9.59 Å². The van der Waals surface area contributed by atoms with Crippen LogP contribution in [0.5, 0.6) is 0 Å². The third-order valence-electron chi connectivity index (χ3n) is 1.41. The van der Waals surface area contributed by atoms with Gasteiger partial charge < -0.3 is 10.5 Å². The lowest BCUT2D eigenvalue weighted by atomic mass is 10.4. The van der Waals surface area contributed by atoms with Crippen LogP contribution in [0.3, 0.4) is 0 Å². The van der Waals surface area contributed by atoms with Gasteiger partial charge in [-0.15, -0.1) is 12.4 Å². The van der Waals surface area contributed by atoms with Gasteiger partial charge in [0.05, 0.1) is 19.8 Å². The average Bonchev–Trinajstić information content (AvgIpc) is 2.04. The van der Waals surface area contributed by atoms with Crippen molar-refractivity contribution in [1.82, 2.24) is 4.90 Å². The number of hydrogen-bond donors (Lipinski definition) is 1. The lowest BCUT2D eigenvalue weighted by Crippen LogP contribution is -2.42. The van der Waals surface area contributed by atoms with Gasteiger partial charge in [0.15, 0.2) is 0 Å². The molecule has 0 radical (unpaired) electrons. The van der Waals surface area contributed by atoms with Gasteiger partial charge >= 0.3 is 6.03 Å². The first kappa shape index (κ1) is 11.0. The molecule has 1 saturated heterocycles. The number of halogens is 1. The Balaban J connectivity index is 0.00000121. The summed E-state index contributed by atoms with van der Waals surface area (Å²) in [6.45, 7) is 0.862. The Morgan fingerprint density at radius 2 is 2.33 bits per heavy atom. The molecule has 1 aliphatic heterocycles. The number of amides is 2. The van der Waals surface area contributed by atoms with E-state index >= 15 is 0 Å². The summed E-state index contributed by atoms with van der Waals surface area (Å²) < 4.78 is 4.90. The summed E-state index contributed by atoms with van der Waals surface area (Å²) in [5, 5.41) is 0. The van der Waals surface area contributed by atoms with Gasteiger partial charge in [0.25, 0.3) is 0 Å². The summed E-state index contributed by atoms with van der Waals surface area (Å²) in [7, 11) is 0. The van der Waals surface area contributed by atoms with Crippen LogP contribution < -0.4 is 5.73 Å². The molecule has 0 bridgehead atoms. The second-order valence-electron chi connectivity index (χ2n) is 2.09. The fraction of sp³-hybridized carbons (Fsp3) is 0.500. The number of nitrogens with two attached hydrogens (primary N) is 1. The molecule has 1 aliphatic rings. The molecule has 1 heterocycles. The molecule has 0 aromatic rings. The minimum absolute atomic E-state index is 0. The Morgan fingerprint density at radius 3 is 2.75 bits per heavy atom. The van der Waals surface area contributed by atoms with Gasteiger partial charge in [0, 0.05) is 0 Å². The third-order valence-corrected chi connectivity index (χ3v) is 1.41. The summed E-state index contributed by atoms with van der Waals surface area (Å²) >= 11 is 0. The first-order chi connectivity index (χ1) is 5.25. The molecule has 12 heavy (non-hydrogen) atoms. The van der Waals surface area contributed by atoms with Crippen LogP contribution in [0.4, 0.5) is 4.79 Å². The minimum atomic E-state index is -0.633. The number of urea groups is 1. The molecule has 0 unspecified atom stereocenters. The predicted octanol–water partition coefficient (Wildman–Crippen LogP) is -0.465. The highest BCUT2D eigenvalue weighted by molar-refractivity contribution is 5.85. The van der Waals surface area contributed by atoms with Crippen molar-refractivity contribution in [2.24, 2.45) is 5.73 Å². The van der Waals surface area contributed by atoms with Crippen molar-refractivity contribution in [1.29, 1.82) is 0 Å². The van der Waals surface area contributed by atoms with Crippen molar-refractivity contribution < 1.29 is 14.3 Å². The van der Waals surface area contributed by atoms with E-state index in [4.69, 9.17) is 10.5 Å². The van der Waals surface area contributed by atoms with E-state index in [9.17, 15) is 9.59 Å². The third kappa shape index (κ3) is 2.23. The van der Waals surface area contributed by atoms with Crippen LogP contribution >= 0.6 is 12.4 Å². The first-order valence-electron chi connectivity index (χ1n) is 3.14. The Morgan fingerprint density at radius 1 is 1.67 bits per heavy atom. The average molecular weight is 193 g/mol. The van der Waals surface area contributed by atoms with Crippen LogP contribution in [-0.2, 0) is 9.53 Å². The number of carbonyl (C=O) groups is 1. The van der Waals surface area contributed by atoms with Crippen molar-refractivity contribution in [2.45, 2.75) is 0 Å². The van der Waals surface area contributed by atoms with Crippen LogP contribution in [0.1, 0.15) is 0 Å².